The smallest absolute Gasteiger partial charge is 0.138 e. The summed E-state index contributed by atoms with van der Waals surface area (Å²) in [5, 5.41) is 2.47. The molecule has 9 rings (SSSR count). The molecule has 0 atom stereocenters. The van der Waals surface area contributed by atoms with Crippen LogP contribution in [-0.2, 0) is 16.2 Å². The number of benzene rings is 5. The molecule has 0 fully saturated rings. The maximum atomic E-state index is 5.88. The molecule has 3 heterocycles. The van der Waals surface area contributed by atoms with Gasteiger partial charge in [-0.3, -0.25) is 4.57 Å². The number of rotatable bonds is 4. The fourth-order valence-electron chi connectivity index (χ4n) is 8.52. The summed E-state index contributed by atoms with van der Waals surface area (Å²) in [5.41, 5.74) is 12.6. The second kappa shape index (κ2) is 11.4. The first-order chi connectivity index (χ1) is 24.9. The number of fused-ring (bicyclic) bond motifs is 6. The van der Waals surface area contributed by atoms with Gasteiger partial charge < -0.3 is 9.80 Å². The van der Waals surface area contributed by atoms with Gasteiger partial charge in [-0.2, -0.15) is 0 Å². The van der Waals surface area contributed by atoms with E-state index in [1.165, 1.54) is 55.4 Å². The monoisotopic (exact) mass is 678 g/mol. The molecule has 4 nitrogen and oxygen atoms in total. The number of aromatic nitrogens is 2. The molecule has 2 aliphatic rings. The van der Waals surface area contributed by atoms with Crippen LogP contribution in [0.15, 0.2) is 140 Å². The Morgan fingerprint density at radius 2 is 1.12 bits per heavy atom. The standard InChI is InChI=1S/C48H46N4/c1-46(2,3)32-26-34(28-35(27-32)51-25-24-50(7)31-51)48(40-20-12-8-16-36(40)37-17-9-13-21-41(37)48)44-29-33(47(4,5)6)30-45(49-44)52-42-22-14-10-18-38(42)39-19-11-15-23-43(39)52/h8-30H,31H2,1-7H3. The van der Waals surface area contributed by atoms with Crippen molar-refractivity contribution in [1.82, 2.24) is 14.5 Å². The van der Waals surface area contributed by atoms with Crippen molar-refractivity contribution in [2.75, 3.05) is 18.6 Å². The summed E-state index contributed by atoms with van der Waals surface area (Å²) < 4.78 is 2.38. The number of pyridine rings is 1. The van der Waals surface area contributed by atoms with Crippen LogP contribution in [0.2, 0.25) is 0 Å². The Morgan fingerprint density at radius 3 is 1.67 bits per heavy atom. The maximum Gasteiger partial charge on any atom is 0.138 e. The fraction of sp³-hybridized carbons (Fsp3) is 0.229. The van der Waals surface area contributed by atoms with Gasteiger partial charge in [-0.1, -0.05) is 133 Å². The Labute approximate surface area is 307 Å². The van der Waals surface area contributed by atoms with Gasteiger partial charge in [0.05, 0.1) is 28.8 Å². The third-order valence-electron chi connectivity index (χ3n) is 11.2. The zero-order chi connectivity index (χ0) is 36.0. The van der Waals surface area contributed by atoms with Crippen molar-refractivity contribution in [1.29, 1.82) is 0 Å². The fourth-order valence-corrected chi connectivity index (χ4v) is 8.52. The van der Waals surface area contributed by atoms with Crippen LogP contribution < -0.4 is 4.90 Å². The summed E-state index contributed by atoms with van der Waals surface area (Å²) in [5.74, 6) is 0.942. The molecule has 5 aromatic carbocycles. The molecule has 2 aromatic heterocycles. The molecular formula is C48H46N4. The molecule has 7 aromatic rings. The first-order valence-corrected chi connectivity index (χ1v) is 18.5. The summed E-state index contributed by atoms with van der Waals surface area (Å²) in [6.07, 6.45) is 4.36. The summed E-state index contributed by atoms with van der Waals surface area (Å²) in [4.78, 5) is 10.5. The molecular weight excluding hydrogens is 633 g/mol. The average Bonchev–Trinajstić information content (AvgIpc) is 3.81. The van der Waals surface area contributed by atoms with Crippen LogP contribution >= 0.6 is 0 Å². The Morgan fingerprint density at radius 1 is 0.577 bits per heavy atom. The van der Waals surface area contributed by atoms with Gasteiger partial charge in [0, 0.05) is 35.9 Å². The minimum absolute atomic E-state index is 0.0756. The van der Waals surface area contributed by atoms with Crippen molar-refractivity contribution in [3.05, 3.63) is 173 Å². The number of hydrogen-bond acceptors (Lipinski definition) is 3. The molecule has 0 radical (unpaired) electrons. The Hall–Kier alpha value is -5.61. The first kappa shape index (κ1) is 32.3. The Bertz CT molecular complexity index is 2460. The quantitative estimate of drug-likeness (QED) is 0.185. The van der Waals surface area contributed by atoms with Gasteiger partial charge in [0.25, 0.3) is 0 Å². The molecule has 0 N–H and O–H groups in total. The lowest BCUT2D eigenvalue weighted by atomic mass is 9.67. The molecule has 0 spiro atoms. The van der Waals surface area contributed by atoms with Crippen LogP contribution in [-0.4, -0.2) is 28.2 Å². The van der Waals surface area contributed by atoms with Crippen LogP contribution in [0.25, 0.3) is 38.8 Å². The second-order valence-electron chi connectivity index (χ2n) is 16.7. The van der Waals surface area contributed by atoms with Gasteiger partial charge in [0.1, 0.15) is 5.82 Å². The van der Waals surface area contributed by atoms with Crippen LogP contribution in [0.5, 0.6) is 0 Å². The predicted octanol–water partition coefficient (Wildman–Crippen LogP) is 11.3. The van der Waals surface area contributed by atoms with Crippen LogP contribution in [0, 0.1) is 0 Å². The minimum Gasteiger partial charge on any atom is -0.361 e. The van der Waals surface area contributed by atoms with E-state index in [1.807, 2.05) is 0 Å². The lowest BCUT2D eigenvalue weighted by Gasteiger charge is -2.36. The van der Waals surface area contributed by atoms with Crippen molar-refractivity contribution >= 4 is 27.5 Å². The molecule has 1 aliphatic carbocycles. The largest absolute Gasteiger partial charge is 0.361 e. The predicted molar refractivity (Wildman–Crippen MR) is 218 cm³/mol. The highest BCUT2D eigenvalue weighted by Gasteiger charge is 2.48. The lowest BCUT2D eigenvalue weighted by molar-refractivity contribution is 0.495. The van der Waals surface area contributed by atoms with E-state index in [0.717, 1.165) is 29.2 Å². The number of hydrogen-bond donors (Lipinski definition) is 0. The van der Waals surface area contributed by atoms with Gasteiger partial charge in [-0.15, -0.1) is 0 Å². The zero-order valence-electron chi connectivity index (χ0n) is 31.3. The lowest BCUT2D eigenvalue weighted by Crippen LogP contribution is -2.32. The number of anilines is 1. The highest BCUT2D eigenvalue weighted by molar-refractivity contribution is 6.09. The second-order valence-corrected chi connectivity index (χ2v) is 16.7. The van der Waals surface area contributed by atoms with Gasteiger partial charge >= 0.3 is 0 Å². The van der Waals surface area contributed by atoms with Crippen LogP contribution in [0.1, 0.15) is 75.1 Å². The molecule has 0 amide bonds. The van der Waals surface area contributed by atoms with Crippen molar-refractivity contribution in [2.45, 2.75) is 57.8 Å². The Balaban J connectivity index is 1.44. The maximum absolute atomic E-state index is 5.88. The van der Waals surface area contributed by atoms with Crippen molar-refractivity contribution < 1.29 is 0 Å². The molecule has 0 unspecified atom stereocenters. The third kappa shape index (κ3) is 4.84. The van der Waals surface area contributed by atoms with Gasteiger partial charge in [0.2, 0.25) is 0 Å². The van der Waals surface area contributed by atoms with Gasteiger partial charge in [-0.05, 0) is 86.2 Å². The van der Waals surface area contributed by atoms with Crippen molar-refractivity contribution in [3.63, 3.8) is 0 Å². The summed E-state index contributed by atoms with van der Waals surface area (Å²) in [7, 11) is 2.13. The molecule has 4 heteroatoms. The molecule has 0 bridgehead atoms. The third-order valence-corrected chi connectivity index (χ3v) is 11.2. The van der Waals surface area contributed by atoms with Crippen molar-refractivity contribution in [2.24, 2.45) is 0 Å². The van der Waals surface area contributed by atoms with Gasteiger partial charge in [-0.25, -0.2) is 4.98 Å². The van der Waals surface area contributed by atoms with E-state index >= 15 is 0 Å². The van der Waals surface area contributed by atoms with E-state index in [2.05, 4.69) is 203 Å². The molecule has 0 saturated carbocycles. The average molecular weight is 679 g/mol. The Kier molecular flexibility index (Phi) is 7.11. The normalized spacial score (nSPS) is 15.1. The molecule has 258 valence electrons. The zero-order valence-corrected chi connectivity index (χ0v) is 31.3. The summed E-state index contributed by atoms with van der Waals surface area (Å²) in [6.45, 7) is 14.7. The topological polar surface area (TPSA) is 24.3 Å². The van der Waals surface area contributed by atoms with E-state index in [4.69, 9.17) is 4.98 Å². The SMILES string of the molecule is CN1C=CN(c2cc(C(C)(C)C)cc(C3(c4cc(C(C)(C)C)cc(-n5c6ccccc6c6ccccc65)n4)c4ccccc4-c4ccccc43)c2)C1. The van der Waals surface area contributed by atoms with Gasteiger partial charge in [0.15, 0.2) is 0 Å². The summed E-state index contributed by atoms with van der Waals surface area (Å²) >= 11 is 0. The summed E-state index contributed by atoms with van der Waals surface area (Å²) in [6, 6.07) is 47.5. The minimum atomic E-state index is -0.673. The van der Waals surface area contributed by atoms with Crippen LogP contribution in [0.4, 0.5) is 5.69 Å². The first-order valence-electron chi connectivity index (χ1n) is 18.5. The van der Waals surface area contributed by atoms with E-state index in [-0.39, 0.29) is 10.8 Å². The van der Waals surface area contributed by atoms with E-state index in [0.29, 0.717) is 0 Å². The number of para-hydroxylation sites is 2. The van der Waals surface area contributed by atoms with Crippen LogP contribution in [0.3, 0.4) is 0 Å². The van der Waals surface area contributed by atoms with Crippen molar-refractivity contribution in [3.8, 4) is 16.9 Å². The highest BCUT2D eigenvalue weighted by atomic mass is 15.3. The van der Waals surface area contributed by atoms with E-state index in [1.54, 1.807) is 0 Å². The molecule has 0 saturated heterocycles. The molecule has 1 aliphatic heterocycles. The molecule has 52 heavy (non-hydrogen) atoms. The van der Waals surface area contributed by atoms with E-state index < -0.39 is 5.41 Å². The highest BCUT2D eigenvalue weighted by Crippen LogP contribution is 2.57. The van der Waals surface area contributed by atoms with E-state index in [9.17, 15) is 0 Å². The number of nitrogens with zero attached hydrogens (tertiary/aromatic N) is 4.